The predicted octanol–water partition coefficient (Wildman–Crippen LogP) is 0.584. The molecular formula is C9H10O4. The zero-order valence-electron chi connectivity index (χ0n) is 7.08. The average Bonchev–Trinajstić information content (AvgIpc) is 2.10. The van der Waals surface area contributed by atoms with Crippen LogP contribution in [0, 0.1) is 11.8 Å². The second-order valence-corrected chi connectivity index (χ2v) is 2.04. The first kappa shape index (κ1) is 11.2. The average molecular weight is 182 g/mol. The van der Waals surface area contributed by atoms with Crippen molar-refractivity contribution in [3.8, 4) is 11.8 Å². The molecule has 4 heteroatoms. The first-order valence-electron chi connectivity index (χ1n) is 3.65. The van der Waals surface area contributed by atoms with E-state index in [1.807, 2.05) is 0 Å². The molecule has 13 heavy (non-hydrogen) atoms. The topological polar surface area (TPSA) is 63.6 Å². The second kappa shape index (κ2) is 6.92. The standard InChI is InChI=1S/C9H10O4/c1-2-3-4-5-6-7-13-9(12)8(10)11/h2H,1,3,6-7H2,(H,10,11). The van der Waals surface area contributed by atoms with Crippen molar-refractivity contribution >= 4 is 11.9 Å². The van der Waals surface area contributed by atoms with E-state index in [2.05, 4.69) is 23.2 Å². The zero-order valence-corrected chi connectivity index (χ0v) is 7.08. The van der Waals surface area contributed by atoms with Crippen LogP contribution in [0.1, 0.15) is 12.8 Å². The van der Waals surface area contributed by atoms with Gasteiger partial charge < -0.3 is 9.84 Å². The number of hydrogen-bond acceptors (Lipinski definition) is 3. The molecule has 0 radical (unpaired) electrons. The summed E-state index contributed by atoms with van der Waals surface area (Å²) in [5.74, 6) is 2.59. The van der Waals surface area contributed by atoms with E-state index in [0.717, 1.165) is 0 Å². The highest BCUT2D eigenvalue weighted by molar-refractivity contribution is 6.28. The van der Waals surface area contributed by atoms with Crippen molar-refractivity contribution in [2.75, 3.05) is 6.61 Å². The maximum atomic E-state index is 10.3. The first-order chi connectivity index (χ1) is 6.18. The van der Waals surface area contributed by atoms with Gasteiger partial charge in [-0.2, -0.15) is 0 Å². The summed E-state index contributed by atoms with van der Waals surface area (Å²) in [6.07, 6.45) is 2.57. The molecule has 0 saturated heterocycles. The number of carboxylic acids is 1. The van der Waals surface area contributed by atoms with Crippen molar-refractivity contribution in [1.29, 1.82) is 0 Å². The van der Waals surface area contributed by atoms with Gasteiger partial charge >= 0.3 is 11.9 Å². The van der Waals surface area contributed by atoms with E-state index >= 15 is 0 Å². The molecule has 4 nitrogen and oxygen atoms in total. The van der Waals surface area contributed by atoms with Crippen molar-refractivity contribution in [2.45, 2.75) is 12.8 Å². The van der Waals surface area contributed by atoms with E-state index in [-0.39, 0.29) is 6.61 Å². The summed E-state index contributed by atoms with van der Waals surface area (Å²) in [7, 11) is 0. The number of aliphatic carboxylic acids is 1. The Morgan fingerprint density at radius 2 is 2.15 bits per heavy atom. The van der Waals surface area contributed by atoms with Gasteiger partial charge in [-0.25, -0.2) is 9.59 Å². The third kappa shape index (κ3) is 6.63. The molecule has 1 N–H and O–H groups in total. The Morgan fingerprint density at radius 3 is 2.69 bits per heavy atom. The van der Waals surface area contributed by atoms with Gasteiger partial charge in [0, 0.05) is 12.8 Å². The highest BCUT2D eigenvalue weighted by atomic mass is 16.6. The van der Waals surface area contributed by atoms with Crippen LogP contribution in [-0.4, -0.2) is 23.7 Å². The molecule has 0 aliphatic rings. The molecule has 0 saturated carbocycles. The number of allylic oxidation sites excluding steroid dienone is 1. The lowest BCUT2D eigenvalue weighted by Crippen LogP contribution is -2.16. The van der Waals surface area contributed by atoms with Gasteiger partial charge in [0.05, 0.1) is 0 Å². The van der Waals surface area contributed by atoms with E-state index < -0.39 is 11.9 Å². The van der Waals surface area contributed by atoms with Crippen molar-refractivity contribution in [3.63, 3.8) is 0 Å². The normalized spacial score (nSPS) is 8.00. The van der Waals surface area contributed by atoms with E-state index in [4.69, 9.17) is 5.11 Å². The van der Waals surface area contributed by atoms with Crippen LogP contribution in [0.15, 0.2) is 12.7 Å². The van der Waals surface area contributed by atoms with Crippen molar-refractivity contribution in [2.24, 2.45) is 0 Å². The van der Waals surface area contributed by atoms with Gasteiger partial charge in [0.2, 0.25) is 0 Å². The number of carbonyl (C=O) groups is 2. The lowest BCUT2D eigenvalue weighted by atomic mass is 10.4. The Balaban J connectivity index is 3.47. The Bertz CT molecular complexity index is 257. The Hall–Kier alpha value is -1.76. The van der Waals surface area contributed by atoms with Crippen LogP contribution in [-0.2, 0) is 14.3 Å². The summed E-state index contributed by atoms with van der Waals surface area (Å²) in [5.41, 5.74) is 0. The molecule has 0 heterocycles. The molecule has 0 aromatic rings. The van der Waals surface area contributed by atoms with Crippen LogP contribution in [0.2, 0.25) is 0 Å². The highest BCUT2D eigenvalue weighted by Crippen LogP contribution is 1.83. The second-order valence-electron chi connectivity index (χ2n) is 2.04. The van der Waals surface area contributed by atoms with Gasteiger partial charge in [-0.1, -0.05) is 17.9 Å². The summed E-state index contributed by atoms with van der Waals surface area (Å²) in [6.45, 7) is 3.47. The Labute approximate surface area is 76.2 Å². The van der Waals surface area contributed by atoms with E-state index in [9.17, 15) is 9.59 Å². The summed E-state index contributed by atoms with van der Waals surface area (Å²) >= 11 is 0. The largest absolute Gasteiger partial charge is 0.473 e. The molecule has 0 aliphatic carbocycles. The number of carbonyl (C=O) groups excluding carboxylic acids is 1. The smallest absolute Gasteiger partial charge is 0.417 e. The zero-order chi connectivity index (χ0) is 10.1. The molecule has 0 amide bonds. The van der Waals surface area contributed by atoms with Crippen LogP contribution >= 0.6 is 0 Å². The van der Waals surface area contributed by atoms with E-state index in [1.165, 1.54) is 0 Å². The monoisotopic (exact) mass is 182 g/mol. The molecule has 0 atom stereocenters. The molecular weight excluding hydrogens is 172 g/mol. The molecule has 0 unspecified atom stereocenters. The summed E-state index contributed by atoms with van der Waals surface area (Å²) in [6, 6.07) is 0. The molecule has 0 spiro atoms. The van der Waals surface area contributed by atoms with E-state index in [0.29, 0.717) is 12.8 Å². The maximum Gasteiger partial charge on any atom is 0.417 e. The number of carboxylic acid groups (broad SMARTS) is 1. The quantitative estimate of drug-likeness (QED) is 0.228. The van der Waals surface area contributed by atoms with Crippen LogP contribution in [0.25, 0.3) is 0 Å². The molecule has 70 valence electrons. The molecule has 0 aromatic carbocycles. The van der Waals surface area contributed by atoms with Crippen LogP contribution in [0.4, 0.5) is 0 Å². The third-order valence-corrected chi connectivity index (χ3v) is 1.01. The SMILES string of the molecule is C=CCC#CCCOC(=O)C(=O)O. The minimum absolute atomic E-state index is 0.00920. The fourth-order valence-corrected chi connectivity index (χ4v) is 0.489. The van der Waals surface area contributed by atoms with Crippen molar-refractivity contribution in [1.82, 2.24) is 0 Å². The van der Waals surface area contributed by atoms with Crippen LogP contribution in [0.5, 0.6) is 0 Å². The Kier molecular flexibility index (Phi) is 5.98. The van der Waals surface area contributed by atoms with Gasteiger partial charge in [0.15, 0.2) is 0 Å². The van der Waals surface area contributed by atoms with Gasteiger partial charge in [0.1, 0.15) is 6.61 Å². The summed E-state index contributed by atoms with van der Waals surface area (Å²) in [5, 5.41) is 8.10. The number of esters is 1. The van der Waals surface area contributed by atoms with Crippen LogP contribution in [0.3, 0.4) is 0 Å². The lowest BCUT2D eigenvalue weighted by Gasteiger charge is -1.95. The predicted molar refractivity (Wildman–Crippen MR) is 45.8 cm³/mol. The molecule has 0 rings (SSSR count). The molecule has 0 fully saturated rings. The van der Waals surface area contributed by atoms with Crippen molar-refractivity contribution in [3.05, 3.63) is 12.7 Å². The fraction of sp³-hybridized carbons (Fsp3) is 0.333. The van der Waals surface area contributed by atoms with E-state index in [1.54, 1.807) is 6.08 Å². The minimum atomic E-state index is -1.58. The highest BCUT2D eigenvalue weighted by Gasteiger charge is 2.11. The number of rotatable bonds is 3. The fourth-order valence-electron chi connectivity index (χ4n) is 0.489. The van der Waals surface area contributed by atoms with Gasteiger partial charge in [-0.15, -0.1) is 6.58 Å². The summed E-state index contributed by atoms with van der Waals surface area (Å²) in [4.78, 5) is 20.3. The third-order valence-electron chi connectivity index (χ3n) is 1.01. The van der Waals surface area contributed by atoms with Gasteiger partial charge in [0.25, 0.3) is 0 Å². The number of hydrogen-bond donors (Lipinski definition) is 1. The lowest BCUT2D eigenvalue weighted by molar-refractivity contribution is -0.163. The number of ether oxygens (including phenoxy) is 1. The van der Waals surface area contributed by atoms with Crippen molar-refractivity contribution < 1.29 is 19.4 Å². The first-order valence-corrected chi connectivity index (χ1v) is 3.65. The Morgan fingerprint density at radius 1 is 1.46 bits per heavy atom. The van der Waals surface area contributed by atoms with Gasteiger partial charge in [-0.05, 0) is 0 Å². The van der Waals surface area contributed by atoms with Crippen LogP contribution < -0.4 is 0 Å². The molecule has 0 aliphatic heterocycles. The van der Waals surface area contributed by atoms with Gasteiger partial charge in [-0.3, -0.25) is 0 Å². The minimum Gasteiger partial charge on any atom is -0.473 e. The molecule has 0 bridgehead atoms. The summed E-state index contributed by atoms with van der Waals surface area (Å²) < 4.78 is 4.32. The maximum absolute atomic E-state index is 10.3. The molecule has 0 aromatic heterocycles.